The van der Waals surface area contributed by atoms with Gasteiger partial charge in [0.05, 0.1) is 12.3 Å². The zero-order valence-electron chi connectivity index (χ0n) is 10.3. The summed E-state index contributed by atoms with van der Waals surface area (Å²) >= 11 is 0. The van der Waals surface area contributed by atoms with Crippen LogP contribution in [0.4, 0.5) is 11.6 Å². The molecule has 3 N–H and O–H groups in total. The molecule has 0 aromatic carbocycles. The highest BCUT2D eigenvalue weighted by Crippen LogP contribution is 2.25. The van der Waals surface area contributed by atoms with Crippen LogP contribution >= 0.6 is 0 Å². The van der Waals surface area contributed by atoms with E-state index in [2.05, 4.69) is 21.8 Å². The Hall–Kier alpha value is -1.82. The van der Waals surface area contributed by atoms with Gasteiger partial charge in [0.2, 0.25) is 0 Å². The average molecular weight is 247 g/mol. The van der Waals surface area contributed by atoms with E-state index in [-0.39, 0.29) is 6.10 Å². The van der Waals surface area contributed by atoms with Gasteiger partial charge in [-0.2, -0.15) is 0 Å². The second-order valence-electron chi connectivity index (χ2n) is 4.93. The summed E-state index contributed by atoms with van der Waals surface area (Å²) in [4.78, 5) is 10.7. The molecule has 1 aliphatic heterocycles. The molecule has 2 aromatic heterocycles. The van der Waals surface area contributed by atoms with Gasteiger partial charge in [-0.05, 0) is 12.3 Å². The largest absolute Gasteiger partial charge is 0.391 e. The number of hydrogen-bond donors (Lipinski definition) is 2. The van der Waals surface area contributed by atoms with Gasteiger partial charge in [-0.1, -0.05) is 6.92 Å². The molecule has 1 aliphatic rings. The van der Waals surface area contributed by atoms with E-state index in [0.717, 1.165) is 24.4 Å². The maximum atomic E-state index is 9.97. The number of nitrogens with two attached hydrogens (primary N) is 1. The van der Waals surface area contributed by atoms with Crippen LogP contribution in [-0.2, 0) is 0 Å². The van der Waals surface area contributed by atoms with Crippen molar-refractivity contribution in [3.63, 3.8) is 0 Å². The third-order valence-electron chi connectivity index (χ3n) is 3.59. The van der Waals surface area contributed by atoms with Crippen molar-refractivity contribution in [1.82, 2.24) is 14.4 Å². The predicted octanol–water partition coefficient (Wildman–Crippen LogP) is 0.519. The highest BCUT2D eigenvalue weighted by atomic mass is 16.3. The summed E-state index contributed by atoms with van der Waals surface area (Å²) in [5.41, 5.74) is 6.59. The summed E-state index contributed by atoms with van der Waals surface area (Å²) < 4.78 is 1.86. The number of fused-ring (bicyclic) bond motifs is 1. The van der Waals surface area contributed by atoms with E-state index in [1.54, 1.807) is 12.4 Å². The summed E-state index contributed by atoms with van der Waals surface area (Å²) in [5.74, 6) is 1.55. The van der Waals surface area contributed by atoms with Gasteiger partial charge >= 0.3 is 0 Å². The highest BCUT2D eigenvalue weighted by molar-refractivity contribution is 5.66. The van der Waals surface area contributed by atoms with E-state index in [0.29, 0.717) is 18.3 Å². The van der Waals surface area contributed by atoms with Gasteiger partial charge in [-0.25, -0.2) is 9.97 Å². The second-order valence-corrected chi connectivity index (χ2v) is 4.93. The molecule has 0 radical (unpaired) electrons. The lowest BCUT2D eigenvalue weighted by molar-refractivity contribution is 0.102. The van der Waals surface area contributed by atoms with Crippen molar-refractivity contribution in [3.8, 4) is 0 Å². The molecule has 2 unspecified atom stereocenters. The van der Waals surface area contributed by atoms with Gasteiger partial charge in [0, 0.05) is 25.5 Å². The number of rotatable bonds is 1. The topological polar surface area (TPSA) is 79.7 Å². The molecule has 0 aliphatic carbocycles. The fourth-order valence-corrected chi connectivity index (χ4v) is 2.39. The molecule has 2 atom stereocenters. The van der Waals surface area contributed by atoms with Gasteiger partial charge in [0.15, 0.2) is 11.5 Å². The number of β-amino-alcohol motifs (C(OH)–C–C–N with tert-alkyl or cyclic N) is 1. The van der Waals surface area contributed by atoms with E-state index in [9.17, 15) is 5.11 Å². The van der Waals surface area contributed by atoms with Crippen molar-refractivity contribution >= 4 is 17.3 Å². The summed E-state index contributed by atoms with van der Waals surface area (Å²) in [7, 11) is 0. The molecule has 2 aromatic rings. The first-order chi connectivity index (χ1) is 8.65. The monoisotopic (exact) mass is 247 g/mol. The van der Waals surface area contributed by atoms with Crippen molar-refractivity contribution in [2.45, 2.75) is 19.4 Å². The lowest BCUT2D eigenvalue weighted by atomic mass is 9.96. The summed E-state index contributed by atoms with van der Waals surface area (Å²) in [6, 6.07) is 0. The second kappa shape index (κ2) is 4.13. The van der Waals surface area contributed by atoms with E-state index in [1.807, 2.05) is 10.6 Å². The van der Waals surface area contributed by atoms with Crippen LogP contribution in [0.5, 0.6) is 0 Å². The van der Waals surface area contributed by atoms with Crippen LogP contribution in [0.1, 0.15) is 13.3 Å². The number of nitrogens with zero attached hydrogens (tertiary/aromatic N) is 4. The number of anilines is 2. The Morgan fingerprint density at radius 1 is 1.50 bits per heavy atom. The smallest absolute Gasteiger partial charge is 0.180 e. The first kappa shape index (κ1) is 11.3. The Labute approximate surface area is 105 Å². The minimum Gasteiger partial charge on any atom is -0.391 e. The van der Waals surface area contributed by atoms with Crippen LogP contribution in [0.15, 0.2) is 18.6 Å². The lowest BCUT2D eigenvalue weighted by Gasteiger charge is -2.35. The molecule has 96 valence electrons. The van der Waals surface area contributed by atoms with Gasteiger partial charge in [-0.3, -0.25) is 0 Å². The zero-order valence-corrected chi connectivity index (χ0v) is 10.3. The fraction of sp³-hybridized carbons (Fsp3) is 0.500. The maximum Gasteiger partial charge on any atom is 0.180 e. The van der Waals surface area contributed by atoms with Gasteiger partial charge in [0.1, 0.15) is 5.82 Å². The third-order valence-corrected chi connectivity index (χ3v) is 3.59. The molecule has 3 heterocycles. The normalized spacial score (nSPS) is 24.7. The number of imidazole rings is 1. The quantitative estimate of drug-likeness (QED) is 0.768. The minimum absolute atomic E-state index is 0.322. The number of piperidine rings is 1. The van der Waals surface area contributed by atoms with Crippen LogP contribution in [-0.4, -0.2) is 38.7 Å². The van der Waals surface area contributed by atoms with Crippen LogP contribution in [0.2, 0.25) is 0 Å². The van der Waals surface area contributed by atoms with Crippen molar-refractivity contribution in [1.29, 1.82) is 0 Å². The first-order valence-electron chi connectivity index (χ1n) is 6.17. The maximum absolute atomic E-state index is 9.97. The highest BCUT2D eigenvalue weighted by Gasteiger charge is 2.26. The Balaban J connectivity index is 2.01. The number of aliphatic hydroxyl groups is 1. The van der Waals surface area contributed by atoms with Crippen LogP contribution in [0, 0.1) is 5.92 Å². The number of nitrogen functional groups attached to an aromatic ring is 1. The molecule has 0 amide bonds. The standard InChI is InChI=1S/C12H17N5O/c1-8-2-4-16(6-9(8)18)12-11-14-3-5-17(11)7-10(13)15-12/h3,5,7-9,18H,2,4,6,13H2,1H3. The number of aromatic nitrogens is 3. The molecule has 0 bridgehead atoms. The third kappa shape index (κ3) is 1.78. The molecule has 0 saturated carbocycles. The minimum atomic E-state index is -0.322. The van der Waals surface area contributed by atoms with Crippen LogP contribution in [0.25, 0.3) is 5.65 Å². The molecule has 6 nitrogen and oxygen atoms in total. The van der Waals surface area contributed by atoms with Crippen molar-refractivity contribution in [2.75, 3.05) is 23.7 Å². The van der Waals surface area contributed by atoms with Gasteiger partial charge < -0.3 is 20.1 Å². The Morgan fingerprint density at radius 2 is 2.33 bits per heavy atom. The summed E-state index contributed by atoms with van der Waals surface area (Å²) in [6.07, 6.45) is 5.94. The van der Waals surface area contributed by atoms with Crippen LogP contribution in [0.3, 0.4) is 0 Å². The molecule has 0 spiro atoms. The molecule has 1 fully saturated rings. The molecule has 3 rings (SSSR count). The summed E-state index contributed by atoms with van der Waals surface area (Å²) in [6.45, 7) is 3.53. The first-order valence-corrected chi connectivity index (χ1v) is 6.17. The van der Waals surface area contributed by atoms with E-state index < -0.39 is 0 Å². The Morgan fingerprint density at radius 3 is 3.11 bits per heavy atom. The molecular weight excluding hydrogens is 230 g/mol. The SMILES string of the molecule is CC1CCN(c2nc(N)cn3ccnc23)CC1O. The Kier molecular flexibility index (Phi) is 2.59. The molecule has 1 saturated heterocycles. The van der Waals surface area contributed by atoms with E-state index in [4.69, 9.17) is 5.73 Å². The summed E-state index contributed by atoms with van der Waals surface area (Å²) in [5, 5.41) is 9.97. The molecule has 6 heteroatoms. The van der Waals surface area contributed by atoms with Crippen LogP contribution < -0.4 is 10.6 Å². The fourth-order valence-electron chi connectivity index (χ4n) is 2.39. The number of aliphatic hydroxyl groups excluding tert-OH is 1. The Bertz CT molecular complexity index is 567. The van der Waals surface area contributed by atoms with Gasteiger partial charge in [0.25, 0.3) is 0 Å². The average Bonchev–Trinajstić information content (AvgIpc) is 2.79. The van der Waals surface area contributed by atoms with Crippen molar-refractivity contribution in [3.05, 3.63) is 18.6 Å². The van der Waals surface area contributed by atoms with E-state index in [1.165, 1.54) is 0 Å². The lowest BCUT2D eigenvalue weighted by Crippen LogP contribution is -2.43. The van der Waals surface area contributed by atoms with Crippen molar-refractivity contribution < 1.29 is 5.11 Å². The number of hydrogen-bond acceptors (Lipinski definition) is 5. The van der Waals surface area contributed by atoms with Gasteiger partial charge in [-0.15, -0.1) is 0 Å². The molecular formula is C12H17N5O. The predicted molar refractivity (Wildman–Crippen MR) is 69.4 cm³/mol. The molecule has 18 heavy (non-hydrogen) atoms. The van der Waals surface area contributed by atoms with E-state index >= 15 is 0 Å². The zero-order chi connectivity index (χ0) is 12.7. The van der Waals surface area contributed by atoms with Crippen molar-refractivity contribution in [2.24, 2.45) is 5.92 Å².